The molecule has 0 heterocycles. The fourth-order valence-electron chi connectivity index (χ4n) is 5.07. The van der Waals surface area contributed by atoms with Gasteiger partial charge in [-0.3, -0.25) is 9.59 Å². The molecule has 0 spiro atoms. The second-order valence-corrected chi connectivity index (χ2v) is 8.99. The van der Waals surface area contributed by atoms with Crippen molar-refractivity contribution in [3.05, 3.63) is 68.8 Å². The van der Waals surface area contributed by atoms with Crippen LogP contribution in [0.25, 0.3) is 0 Å². The molecule has 0 aliphatic heterocycles. The third-order valence-electron chi connectivity index (χ3n) is 6.55. The number of aryl methyl sites for hydroxylation is 2. The lowest BCUT2D eigenvalue weighted by atomic mass is 9.87. The van der Waals surface area contributed by atoms with Crippen molar-refractivity contribution in [3.8, 4) is 0 Å². The van der Waals surface area contributed by atoms with Crippen LogP contribution in [0.3, 0.4) is 0 Å². The lowest BCUT2D eigenvalue weighted by molar-refractivity contribution is 0.0985. The molecule has 0 amide bonds. The van der Waals surface area contributed by atoms with Crippen LogP contribution in [0.1, 0.15) is 106 Å². The minimum atomic E-state index is 0.313. The zero-order chi connectivity index (χ0) is 20.0. The van der Waals surface area contributed by atoms with Crippen LogP contribution in [0, 0.1) is 0 Å². The Labute approximate surface area is 168 Å². The topological polar surface area (TPSA) is 34.1 Å². The first-order valence-corrected chi connectivity index (χ1v) is 10.7. The van der Waals surface area contributed by atoms with Gasteiger partial charge in [-0.25, -0.2) is 0 Å². The van der Waals surface area contributed by atoms with Crippen LogP contribution < -0.4 is 0 Å². The maximum absolute atomic E-state index is 12.5. The number of carbonyl (C=O) groups is 2. The first-order chi connectivity index (χ1) is 13.4. The Morgan fingerprint density at radius 1 is 0.643 bits per heavy atom. The van der Waals surface area contributed by atoms with Gasteiger partial charge in [-0.15, -0.1) is 0 Å². The molecule has 0 fully saturated rings. The zero-order valence-corrected chi connectivity index (χ0v) is 17.5. The van der Waals surface area contributed by atoms with Crippen LogP contribution in [-0.4, -0.2) is 11.6 Å². The van der Waals surface area contributed by atoms with Crippen LogP contribution in [0.2, 0.25) is 0 Å². The molecule has 2 aliphatic rings. The molecule has 0 saturated carbocycles. The number of hydrogen-bond acceptors (Lipinski definition) is 2. The van der Waals surface area contributed by atoms with Crippen molar-refractivity contribution in [2.24, 2.45) is 0 Å². The van der Waals surface area contributed by atoms with E-state index in [9.17, 15) is 9.59 Å². The molecular formula is C26H30O2. The van der Waals surface area contributed by atoms with E-state index in [1.54, 1.807) is 0 Å². The normalized spacial score (nSPS) is 15.6. The van der Waals surface area contributed by atoms with Gasteiger partial charge in [0, 0.05) is 24.0 Å². The predicted molar refractivity (Wildman–Crippen MR) is 114 cm³/mol. The molecule has 2 aromatic rings. The van der Waals surface area contributed by atoms with Gasteiger partial charge in [-0.1, -0.05) is 52.0 Å². The lowest BCUT2D eigenvalue weighted by Crippen LogP contribution is -2.06. The molecular weight excluding hydrogens is 344 g/mol. The number of ketones is 2. The number of carbonyl (C=O) groups excluding carboxylic acids is 2. The molecule has 28 heavy (non-hydrogen) atoms. The van der Waals surface area contributed by atoms with E-state index >= 15 is 0 Å². The summed E-state index contributed by atoms with van der Waals surface area (Å²) < 4.78 is 0. The maximum atomic E-state index is 12.5. The summed E-state index contributed by atoms with van der Waals surface area (Å²) in [6.07, 6.45) is 4.95. The summed E-state index contributed by atoms with van der Waals surface area (Å²) in [6, 6.07) is 8.80. The summed E-state index contributed by atoms with van der Waals surface area (Å²) in [4.78, 5) is 24.9. The molecule has 2 aromatic carbocycles. The molecule has 2 aliphatic carbocycles. The average Bonchev–Trinajstić information content (AvgIpc) is 3.23. The number of rotatable bonds is 5. The molecule has 0 N–H and O–H groups in total. The van der Waals surface area contributed by atoms with Gasteiger partial charge in [0.25, 0.3) is 0 Å². The molecule has 146 valence electrons. The molecule has 0 bridgehead atoms. The smallest absolute Gasteiger partial charge is 0.163 e. The van der Waals surface area contributed by atoms with Crippen molar-refractivity contribution in [1.29, 1.82) is 0 Å². The van der Waals surface area contributed by atoms with E-state index in [-0.39, 0.29) is 0 Å². The summed E-state index contributed by atoms with van der Waals surface area (Å²) in [7, 11) is 0. The van der Waals surface area contributed by atoms with Gasteiger partial charge in [-0.2, -0.15) is 0 Å². The number of Topliss-reactive ketones (excluding diaryl/α,β-unsaturated/α-hetero) is 2. The highest BCUT2D eigenvalue weighted by molar-refractivity contribution is 6.03. The Morgan fingerprint density at radius 2 is 1.04 bits per heavy atom. The fraction of sp³-hybridized carbons (Fsp3) is 0.462. The van der Waals surface area contributed by atoms with Gasteiger partial charge >= 0.3 is 0 Å². The van der Waals surface area contributed by atoms with Crippen molar-refractivity contribution in [2.45, 2.75) is 78.1 Å². The second-order valence-electron chi connectivity index (χ2n) is 8.99. The minimum absolute atomic E-state index is 0.313. The van der Waals surface area contributed by atoms with Crippen LogP contribution in [0.4, 0.5) is 0 Å². The third-order valence-corrected chi connectivity index (χ3v) is 6.55. The summed E-state index contributed by atoms with van der Waals surface area (Å²) in [6.45, 7) is 8.66. The van der Waals surface area contributed by atoms with Gasteiger partial charge in [0.2, 0.25) is 0 Å². The van der Waals surface area contributed by atoms with Crippen molar-refractivity contribution in [3.63, 3.8) is 0 Å². The average molecular weight is 375 g/mol. The Hall–Kier alpha value is -2.22. The van der Waals surface area contributed by atoms with Crippen molar-refractivity contribution in [1.82, 2.24) is 0 Å². The largest absolute Gasteiger partial charge is 0.294 e. The SMILES string of the molecule is CC(C)c1ccc(CCc2ccc(C(C)C)c3c2CCC3=O)c2c1C(=O)CC2. The summed E-state index contributed by atoms with van der Waals surface area (Å²) in [5.41, 5.74) is 9.60. The number of fused-ring (bicyclic) bond motifs is 2. The fourth-order valence-corrected chi connectivity index (χ4v) is 5.07. The van der Waals surface area contributed by atoms with Crippen LogP contribution >= 0.6 is 0 Å². The van der Waals surface area contributed by atoms with E-state index in [0.717, 1.165) is 36.8 Å². The first kappa shape index (κ1) is 19.1. The molecule has 0 unspecified atom stereocenters. The summed E-state index contributed by atoms with van der Waals surface area (Å²) in [5, 5.41) is 0. The molecule has 4 rings (SSSR count). The Morgan fingerprint density at radius 3 is 1.39 bits per heavy atom. The standard InChI is InChI=1S/C26H30O2/c1-15(2)19-9-7-17(21-11-13-23(27)25(19)21)5-6-18-8-10-20(16(3)4)26-22(18)12-14-24(26)28/h7-10,15-16H,5-6,11-14H2,1-4H3. The quantitative estimate of drug-likeness (QED) is 0.645. The van der Waals surface area contributed by atoms with Gasteiger partial charge in [0.05, 0.1) is 0 Å². The zero-order valence-electron chi connectivity index (χ0n) is 17.5. The van der Waals surface area contributed by atoms with Gasteiger partial charge in [0.1, 0.15) is 0 Å². The molecule has 2 heteroatoms. The van der Waals surface area contributed by atoms with Crippen molar-refractivity contribution < 1.29 is 9.59 Å². The second kappa shape index (κ2) is 7.31. The Kier molecular flexibility index (Phi) is 4.99. The number of benzene rings is 2. The van der Waals surface area contributed by atoms with E-state index in [1.165, 1.54) is 33.4 Å². The molecule has 2 nitrogen and oxygen atoms in total. The van der Waals surface area contributed by atoms with Gasteiger partial charge in [0.15, 0.2) is 11.6 Å². The van der Waals surface area contributed by atoms with Crippen molar-refractivity contribution >= 4 is 11.6 Å². The first-order valence-electron chi connectivity index (χ1n) is 10.7. The van der Waals surface area contributed by atoms with E-state index in [2.05, 4.69) is 52.0 Å². The molecule has 0 atom stereocenters. The predicted octanol–water partition coefficient (Wildman–Crippen LogP) is 5.98. The molecule has 0 saturated heterocycles. The third kappa shape index (κ3) is 3.13. The summed E-state index contributed by atoms with van der Waals surface area (Å²) in [5.74, 6) is 1.38. The van der Waals surface area contributed by atoms with E-state index < -0.39 is 0 Å². The van der Waals surface area contributed by atoms with Crippen LogP contribution in [0.5, 0.6) is 0 Å². The van der Waals surface area contributed by atoms with Gasteiger partial charge in [-0.05, 0) is 70.9 Å². The Balaban J connectivity index is 1.65. The van der Waals surface area contributed by atoms with E-state index in [0.29, 0.717) is 36.2 Å². The highest BCUT2D eigenvalue weighted by Crippen LogP contribution is 2.35. The van der Waals surface area contributed by atoms with Gasteiger partial charge < -0.3 is 0 Å². The Bertz CT molecular complexity index is 883. The van der Waals surface area contributed by atoms with Crippen LogP contribution in [-0.2, 0) is 25.7 Å². The molecule has 0 radical (unpaired) electrons. The lowest BCUT2D eigenvalue weighted by Gasteiger charge is -2.17. The maximum Gasteiger partial charge on any atom is 0.163 e. The van der Waals surface area contributed by atoms with E-state index in [1.807, 2.05) is 0 Å². The summed E-state index contributed by atoms with van der Waals surface area (Å²) >= 11 is 0. The van der Waals surface area contributed by atoms with Crippen LogP contribution in [0.15, 0.2) is 24.3 Å². The molecule has 0 aromatic heterocycles. The number of hydrogen-bond donors (Lipinski definition) is 0. The van der Waals surface area contributed by atoms with Crippen molar-refractivity contribution in [2.75, 3.05) is 0 Å². The highest BCUT2D eigenvalue weighted by Gasteiger charge is 2.28. The van der Waals surface area contributed by atoms with E-state index in [4.69, 9.17) is 0 Å². The monoisotopic (exact) mass is 374 g/mol. The minimum Gasteiger partial charge on any atom is -0.294 e. The highest BCUT2D eigenvalue weighted by atomic mass is 16.1.